The summed E-state index contributed by atoms with van der Waals surface area (Å²) in [6.07, 6.45) is 24.2. The number of likely N-dealkylation sites (tertiary alicyclic amines) is 4. The predicted octanol–water partition coefficient (Wildman–Crippen LogP) is 21.7. The second-order valence-electron chi connectivity index (χ2n) is 38.6. The summed E-state index contributed by atoms with van der Waals surface area (Å²) < 4.78 is 46.6. The van der Waals surface area contributed by atoms with Gasteiger partial charge in [-0.15, -0.1) is 0 Å². The highest BCUT2D eigenvalue weighted by molar-refractivity contribution is 7.93. The van der Waals surface area contributed by atoms with E-state index >= 15 is 0 Å². The van der Waals surface area contributed by atoms with Gasteiger partial charge >= 0.3 is 0 Å². The van der Waals surface area contributed by atoms with Crippen molar-refractivity contribution in [2.45, 2.75) is 189 Å². The van der Waals surface area contributed by atoms with Crippen molar-refractivity contribution < 1.29 is 16.8 Å². The van der Waals surface area contributed by atoms with E-state index in [9.17, 15) is 16.8 Å². The average molecular weight is 2090 g/mol. The standard InChI is InChI=1S/2C27H31ClN8.C26H34ClN7O2S.C23H27Cl2N7O2S/c1-17-13-24(31-27-30-15-23(28)26(33-27)32-25-14-19(3)34-35-25)18(2)12-22(17)21-6-10-36(11-7-21)16-20-4-8-29-9-5-20;1-17-12-24(31-27-30-15-23(28)26(33-27)32-25-13-19(3)34-35-25)18(2)11-22(17)21-6-9-36(10-7-21)16-20-5-4-8-29-14-20;1-16-13-23(29-26-28-15-22(27)25(31-26)30-24-14-18(3)32-33-24)17(2)12-21(16)19-4-8-34(9-5-19)20-6-10-37(35,36)11-7-20;1-13-7-17(15-3-5-32(6-4-15)16-11-35(33,34)12-16)18(24)9-20(13)27-23-26-10-19(25)22(29-23)28-21-8-14(2)30-31-21/h4-5,8-9,12-15,21H,6-7,10-11,16H2,1-3H3,(H3,30,31,32,33,34,35);4-5,8,11-15,21H,6-7,9-10,16H2,1-3H3,(H3,30,31,32,33,34,35);12-15,19-20H,4-11H2,1-3H3,(H3,28,29,30,31,32,33);7-10,15-16H,3-6,11-12H2,1-2H3,(H3,26,27,28,29,30,31). The smallest absolute Gasteiger partial charge is 0.229 e. The zero-order chi connectivity index (χ0) is 101. The van der Waals surface area contributed by atoms with Crippen molar-refractivity contribution >= 4 is 171 Å². The molecule has 0 saturated carbocycles. The Hall–Kier alpha value is -12.1. The molecule has 34 nitrogen and oxygen atoms in total. The molecule has 0 atom stereocenters. The Kier molecular flexibility index (Phi) is 33.4. The van der Waals surface area contributed by atoms with Crippen LogP contribution in [0.5, 0.6) is 0 Å². The van der Waals surface area contributed by atoms with Crippen LogP contribution in [0.3, 0.4) is 0 Å². The van der Waals surface area contributed by atoms with E-state index in [1.807, 2.05) is 95.8 Å². The highest BCUT2D eigenvalue weighted by atomic mass is 35.5. The van der Waals surface area contributed by atoms with Crippen LogP contribution in [-0.2, 0) is 32.8 Å². The topological polar surface area (TPSA) is 421 Å². The number of piperidine rings is 4. The molecular formula is C103H123Cl5N30O4S2. The molecule has 16 heterocycles. The molecule has 10 aromatic heterocycles. The van der Waals surface area contributed by atoms with Crippen LogP contribution in [0.15, 0.2) is 147 Å². The van der Waals surface area contributed by atoms with Gasteiger partial charge in [0.2, 0.25) is 23.8 Å². The molecule has 0 unspecified atom stereocenters. The molecule has 6 aliphatic rings. The van der Waals surface area contributed by atoms with Crippen molar-refractivity contribution in [1.82, 2.24) is 110 Å². The van der Waals surface area contributed by atoms with Crippen LogP contribution in [0.2, 0.25) is 25.1 Å². The minimum Gasteiger partial charge on any atom is -0.324 e. The summed E-state index contributed by atoms with van der Waals surface area (Å²) in [5, 5.41) is 56.5. The number of sulfone groups is 2. The Balaban J connectivity index is 0.000000132. The summed E-state index contributed by atoms with van der Waals surface area (Å²) in [5.41, 5.74) is 23.9. The van der Waals surface area contributed by atoms with E-state index < -0.39 is 19.7 Å². The number of H-pyrrole nitrogens is 4. The van der Waals surface area contributed by atoms with Gasteiger partial charge in [0.05, 0.1) is 47.8 Å². The van der Waals surface area contributed by atoms with Gasteiger partial charge in [-0.1, -0.05) is 88.3 Å². The van der Waals surface area contributed by atoms with E-state index in [-0.39, 0.29) is 6.04 Å². The fraction of sp³-hybridized carbons (Fsp3) is 0.398. The lowest BCUT2D eigenvalue weighted by Gasteiger charge is -2.41. The van der Waals surface area contributed by atoms with Crippen molar-refractivity contribution in [2.75, 3.05) is 118 Å². The number of pyridine rings is 2. The van der Waals surface area contributed by atoms with Crippen LogP contribution in [0.1, 0.15) is 183 Å². The summed E-state index contributed by atoms with van der Waals surface area (Å²) >= 11 is 31.9. The number of anilines is 16. The van der Waals surface area contributed by atoms with Gasteiger partial charge in [0.15, 0.2) is 56.4 Å². The maximum Gasteiger partial charge on any atom is 0.229 e. The van der Waals surface area contributed by atoms with E-state index in [1.165, 1.54) is 74.7 Å². The lowest BCUT2D eigenvalue weighted by atomic mass is 9.85. The third-order valence-corrected chi connectivity index (χ3v) is 32.6. The molecule has 4 aromatic carbocycles. The average Bonchev–Trinajstić information content (AvgIpc) is 1.38. The summed E-state index contributed by atoms with van der Waals surface area (Å²) in [7, 11) is -5.62. The number of aromatic amines is 4. The second-order valence-corrected chi connectivity index (χ2v) is 45.1. The minimum atomic E-state index is -2.82. The van der Waals surface area contributed by atoms with Gasteiger partial charge in [-0.05, 0) is 331 Å². The summed E-state index contributed by atoms with van der Waals surface area (Å²) in [6, 6.07) is 34.0. The molecule has 144 heavy (non-hydrogen) atoms. The molecule has 0 radical (unpaired) electrons. The van der Waals surface area contributed by atoms with Crippen molar-refractivity contribution in [3.63, 3.8) is 0 Å². The van der Waals surface area contributed by atoms with Crippen molar-refractivity contribution in [3.8, 4) is 0 Å². The quantitative estimate of drug-likeness (QED) is 0.0239. The number of aromatic nitrogens is 18. The third kappa shape index (κ3) is 27.2. The Labute approximate surface area is 865 Å². The first-order valence-electron chi connectivity index (χ1n) is 48.8. The number of hydrogen-bond acceptors (Lipinski definition) is 30. The summed E-state index contributed by atoms with van der Waals surface area (Å²) in [6.45, 7) is 32.9. The lowest BCUT2D eigenvalue weighted by Crippen LogP contribution is -2.55. The molecule has 0 bridgehead atoms. The maximum atomic E-state index is 11.8. The van der Waals surface area contributed by atoms with Gasteiger partial charge in [-0.3, -0.25) is 45.1 Å². The van der Waals surface area contributed by atoms with Crippen LogP contribution in [0, 0.1) is 76.2 Å². The van der Waals surface area contributed by atoms with E-state index in [4.69, 9.17) is 58.0 Å². The Bertz CT molecular complexity index is 6830. The normalized spacial score (nSPS) is 16.8. The number of rotatable bonds is 26. The fourth-order valence-corrected chi connectivity index (χ4v) is 23.6. The minimum absolute atomic E-state index is 0.181. The predicted molar refractivity (Wildman–Crippen MR) is 576 cm³/mol. The Morgan fingerprint density at radius 1 is 0.319 bits per heavy atom. The van der Waals surface area contributed by atoms with Crippen molar-refractivity contribution in [2.24, 2.45) is 0 Å². The molecule has 0 aliphatic carbocycles. The summed E-state index contributed by atoms with van der Waals surface area (Å²) in [5.74, 6) is 9.58. The molecule has 12 N–H and O–H groups in total. The molecule has 41 heteroatoms. The molecule has 0 amide bonds. The maximum absolute atomic E-state index is 11.8. The SMILES string of the molecule is Cc1cc(Nc2nc(Nc3cc(C)c(C4CCN(C5CCS(=O)(=O)CC5)CC4)cc3C)ncc2Cl)n[nH]1.Cc1cc(Nc2nc(Nc3cc(C)c(C4CCN(Cc5cccnc5)CC4)cc3C)ncc2Cl)n[nH]1.Cc1cc(Nc2nc(Nc3cc(C)c(C4CCN(Cc5ccncc5)CC4)cc3C)ncc2Cl)n[nH]1.Cc1cc(Nc2nc(Nc3cc(Cl)c(C4CCN(C5CS(=O)(=O)C5)CC4)cc3C)ncc2Cl)n[nH]1. The first-order valence-corrected chi connectivity index (χ1v) is 54.3. The molecule has 0 spiro atoms. The number of nitrogens with one attached hydrogen (secondary N) is 12. The molecular weight excluding hydrogens is 1960 g/mol. The number of halogens is 5. The van der Waals surface area contributed by atoms with Gasteiger partial charge < -0.3 is 47.4 Å². The highest BCUT2D eigenvalue weighted by Crippen LogP contribution is 2.43. The Morgan fingerprint density at radius 2 is 0.639 bits per heavy atom. The largest absolute Gasteiger partial charge is 0.324 e. The molecule has 20 rings (SSSR count). The molecule has 756 valence electrons. The number of hydrogen-bond donors (Lipinski definition) is 12. The molecule has 6 aliphatic heterocycles. The van der Waals surface area contributed by atoms with Crippen molar-refractivity contribution in [3.05, 3.63) is 267 Å². The zero-order valence-corrected chi connectivity index (χ0v) is 88.1. The molecule has 6 saturated heterocycles. The van der Waals surface area contributed by atoms with Gasteiger partial charge in [0, 0.05) is 125 Å². The van der Waals surface area contributed by atoms with E-state index in [0.717, 1.165) is 179 Å². The van der Waals surface area contributed by atoms with Gasteiger partial charge in [0.25, 0.3) is 0 Å². The van der Waals surface area contributed by atoms with Gasteiger partial charge in [-0.2, -0.15) is 40.3 Å². The van der Waals surface area contributed by atoms with Crippen LogP contribution >= 0.6 is 58.0 Å². The lowest BCUT2D eigenvalue weighted by molar-refractivity contribution is 0.142. The molecule has 14 aromatic rings. The third-order valence-electron chi connectivity index (χ3n) is 27.7. The van der Waals surface area contributed by atoms with Crippen LogP contribution in [0.25, 0.3) is 0 Å². The molecule has 6 fully saturated rings. The monoisotopic (exact) mass is 2080 g/mol. The first kappa shape index (κ1) is 103. The van der Waals surface area contributed by atoms with Crippen LogP contribution < -0.4 is 42.5 Å². The number of nitrogens with zero attached hydrogens (tertiary/aromatic N) is 18. The van der Waals surface area contributed by atoms with E-state index in [2.05, 4.69) is 255 Å². The number of benzene rings is 4. The second kappa shape index (κ2) is 46.5. The Morgan fingerprint density at radius 3 is 0.965 bits per heavy atom. The van der Waals surface area contributed by atoms with E-state index in [1.54, 1.807) is 18.6 Å². The first-order chi connectivity index (χ1) is 69.2. The fourth-order valence-electron chi connectivity index (χ4n) is 19.8. The summed E-state index contributed by atoms with van der Waals surface area (Å²) in [4.78, 5) is 53.8. The number of aryl methyl sites for hydroxylation is 11. The van der Waals surface area contributed by atoms with Crippen molar-refractivity contribution in [1.29, 1.82) is 0 Å². The van der Waals surface area contributed by atoms with Crippen LogP contribution in [-0.4, -0.2) is 215 Å². The van der Waals surface area contributed by atoms with E-state index in [0.29, 0.717) is 148 Å². The van der Waals surface area contributed by atoms with Gasteiger partial charge in [-0.25, -0.2) is 36.8 Å². The van der Waals surface area contributed by atoms with Gasteiger partial charge in [0.1, 0.15) is 29.9 Å². The van der Waals surface area contributed by atoms with Crippen LogP contribution in [0.4, 0.5) is 93.1 Å². The highest BCUT2D eigenvalue weighted by Gasteiger charge is 2.40. The zero-order valence-electron chi connectivity index (χ0n) is 82.7.